The monoisotopic (exact) mass is 457 g/mol. The van der Waals surface area contributed by atoms with E-state index in [1.165, 1.54) is 14.2 Å². The highest BCUT2D eigenvalue weighted by molar-refractivity contribution is 5.96. The lowest BCUT2D eigenvalue weighted by molar-refractivity contribution is -0.144. The predicted molar refractivity (Wildman–Crippen MR) is 120 cm³/mol. The van der Waals surface area contributed by atoms with Crippen LogP contribution < -0.4 is 21.9 Å². The van der Waals surface area contributed by atoms with Crippen molar-refractivity contribution in [3.05, 3.63) is 51.3 Å². The lowest BCUT2D eigenvalue weighted by Crippen LogP contribution is -2.41. The molecule has 1 amide bonds. The molecule has 0 saturated heterocycles. The molecule has 5 N–H and O–H groups in total. The van der Waals surface area contributed by atoms with Crippen LogP contribution in [-0.4, -0.2) is 54.1 Å². The minimum absolute atomic E-state index is 0.0253. The summed E-state index contributed by atoms with van der Waals surface area (Å²) in [6.07, 6.45) is 2.11. The van der Waals surface area contributed by atoms with Gasteiger partial charge in [0.05, 0.1) is 19.8 Å². The lowest BCUT2D eigenvalue weighted by Gasteiger charge is -2.16. The highest BCUT2D eigenvalue weighted by atomic mass is 16.5. The van der Waals surface area contributed by atoms with Gasteiger partial charge in [0.2, 0.25) is 5.95 Å². The number of ether oxygens (including phenoxy) is 2. The Kier molecular flexibility index (Phi) is 7.65. The Bertz CT molecular complexity index is 1080. The molecule has 11 heteroatoms. The van der Waals surface area contributed by atoms with Gasteiger partial charge < -0.3 is 25.8 Å². The van der Waals surface area contributed by atoms with E-state index in [9.17, 15) is 19.2 Å². The van der Waals surface area contributed by atoms with Crippen LogP contribution in [0.15, 0.2) is 29.1 Å². The molecule has 1 aromatic heterocycles. The number of anilines is 2. The van der Waals surface area contributed by atoms with Crippen molar-refractivity contribution in [2.24, 2.45) is 0 Å². The normalized spacial score (nSPS) is 15.2. The first-order chi connectivity index (χ1) is 15.8. The van der Waals surface area contributed by atoms with Gasteiger partial charge in [-0.2, -0.15) is 4.98 Å². The molecule has 2 atom stereocenters. The first-order valence-electron chi connectivity index (χ1n) is 10.5. The van der Waals surface area contributed by atoms with Gasteiger partial charge in [-0.3, -0.25) is 19.4 Å². The number of nitrogens with two attached hydrogens (primary N) is 1. The molecule has 11 nitrogen and oxygen atoms in total. The van der Waals surface area contributed by atoms with Crippen molar-refractivity contribution in [1.82, 2.24) is 15.3 Å². The average molecular weight is 457 g/mol. The van der Waals surface area contributed by atoms with Crippen molar-refractivity contribution in [2.45, 2.75) is 44.2 Å². The topological polar surface area (TPSA) is 165 Å². The SMILES string of the molecule is COC(=O)CC[C@H](NC(=O)c1ccc(CCC2Cc3c(nc(N)[nH]c3=O)N2)cc1)C(=O)OC. The maximum Gasteiger partial charge on any atom is 0.328 e. The molecular weight excluding hydrogens is 430 g/mol. The number of methoxy groups -OCH3 is 2. The summed E-state index contributed by atoms with van der Waals surface area (Å²) in [4.78, 5) is 54.5. The summed E-state index contributed by atoms with van der Waals surface area (Å²) < 4.78 is 9.28. The number of carbonyl (C=O) groups is 3. The zero-order valence-electron chi connectivity index (χ0n) is 18.5. The van der Waals surface area contributed by atoms with E-state index < -0.39 is 23.9 Å². The molecule has 0 saturated carbocycles. The average Bonchev–Trinajstić information content (AvgIpc) is 3.23. The number of hydrogen-bond donors (Lipinski definition) is 4. The maximum absolute atomic E-state index is 12.6. The Morgan fingerprint density at radius 1 is 1.21 bits per heavy atom. The summed E-state index contributed by atoms with van der Waals surface area (Å²) >= 11 is 0. The van der Waals surface area contributed by atoms with Crippen molar-refractivity contribution >= 4 is 29.6 Å². The molecule has 0 bridgehead atoms. The van der Waals surface area contributed by atoms with E-state index in [2.05, 4.69) is 25.3 Å². The van der Waals surface area contributed by atoms with Crippen LogP contribution in [0.1, 0.15) is 40.7 Å². The number of hydrogen-bond acceptors (Lipinski definition) is 9. The fourth-order valence-corrected chi connectivity index (χ4v) is 3.65. The quantitative estimate of drug-likeness (QED) is 0.393. The van der Waals surface area contributed by atoms with Crippen molar-refractivity contribution < 1.29 is 23.9 Å². The Balaban J connectivity index is 1.54. The largest absolute Gasteiger partial charge is 0.469 e. The minimum Gasteiger partial charge on any atom is -0.469 e. The molecule has 1 aromatic carbocycles. The van der Waals surface area contributed by atoms with Gasteiger partial charge in [-0.05, 0) is 37.0 Å². The number of rotatable bonds is 9. The van der Waals surface area contributed by atoms with Crippen LogP contribution in [0.2, 0.25) is 0 Å². The molecule has 1 unspecified atom stereocenters. The lowest BCUT2D eigenvalue weighted by atomic mass is 10.0. The Hall–Kier alpha value is -3.89. The van der Waals surface area contributed by atoms with E-state index in [1.807, 2.05) is 12.1 Å². The van der Waals surface area contributed by atoms with Gasteiger partial charge in [0, 0.05) is 24.4 Å². The third-order valence-corrected chi connectivity index (χ3v) is 5.48. The molecular formula is C22H27N5O6. The first-order valence-corrected chi connectivity index (χ1v) is 10.5. The molecule has 1 aliphatic heterocycles. The van der Waals surface area contributed by atoms with Crippen molar-refractivity contribution in [3.63, 3.8) is 0 Å². The number of nitrogens with one attached hydrogen (secondary N) is 3. The van der Waals surface area contributed by atoms with E-state index in [-0.39, 0.29) is 30.4 Å². The van der Waals surface area contributed by atoms with Crippen LogP contribution in [0.4, 0.5) is 11.8 Å². The Labute approximate surface area is 190 Å². The van der Waals surface area contributed by atoms with Gasteiger partial charge in [0.15, 0.2) is 0 Å². The van der Waals surface area contributed by atoms with Crippen molar-refractivity contribution in [3.8, 4) is 0 Å². The minimum atomic E-state index is -0.956. The smallest absolute Gasteiger partial charge is 0.328 e. The zero-order chi connectivity index (χ0) is 24.0. The molecule has 0 fully saturated rings. The number of aryl methyl sites for hydroxylation is 1. The van der Waals surface area contributed by atoms with E-state index >= 15 is 0 Å². The van der Waals surface area contributed by atoms with E-state index in [0.717, 1.165) is 18.4 Å². The van der Waals surface area contributed by atoms with Crippen LogP contribution in [-0.2, 0) is 31.9 Å². The summed E-state index contributed by atoms with van der Waals surface area (Å²) in [6, 6.07) is 6.12. The van der Waals surface area contributed by atoms with Crippen LogP contribution in [0.25, 0.3) is 0 Å². The van der Waals surface area contributed by atoms with Crippen molar-refractivity contribution in [2.75, 3.05) is 25.3 Å². The number of amides is 1. The summed E-state index contributed by atoms with van der Waals surface area (Å²) in [7, 11) is 2.47. The highest BCUT2D eigenvalue weighted by Crippen LogP contribution is 2.23. The van der Waals surface area contributed by atoms with Crippen LogP contribution >= 0.6 is 0 Å². The van der Waals surface area contributed by atoms with Gasteiger partial charge in [-0.15, -0.1) is 0 Å². The third kappa shape index (κ3) is 6.09. The van der Waals surface area contributed by atoms with Gasteiger partial charge in [-0.25, -0.2) is 4.79 Å². The van der Waals surface area contributed by atoms with Crippen LogP contribution in [0.3, 0.4) is 0 Å². The number of carbonyl (C=O) groups excluding carboxylic acids is 3. The molecule has 2 aromatic rings. The van der Waals surface area contributed by atoms with Gasteiger partial charge in [-0.1, -0.05) is 12.1 Å². The van der Waals surface area contributed by atoms with Crippen molar-refractivity contribution in [1.29, 1.82) is 0 Å². The molecule has 0 aliphatic carbocycles. The highest BCUT2D eigenvalue weighted by Gasteiger charge is 2.25. The number of aromatic nitrogens is 2. The molecule has 2 heterocycles. The number of esters is 2. The van der Waals surface area contributed by atoms with Gasteiger partial charge in [0.25, 0.3) is 11.5 Å². The number of aromatic amines is 1. The summed E-state index contributed by atoms with van der Waals surface area (Å²) in [5.41, 5.74) is 7.36. The Morgan fingerprint density at radius 3 is 2.61 bits per heavy atom. The second kappa shape index (κ2) is 10.6. The Morgan fingerprint density at radius 2 is 1.94 bits per heavy atom. The fraction of sp³-hybridized carbons (Fsp3) is 0.409. The molecule has 1 aliphatic rings. The molecule has 33 heavy (non-hydrogen) atoms. The predicted octanol–water partition coefficient (Wildman–Crippen LogP) is 0.546. The summed E-state index contributed by atoms with van der Waals surface area (Å²) in [6.45, 7) is 0. The van der Waals surface area contributed by atoms with Crippen LogP contribution in [0, 0.1) is 0 Å². The number of nitrogens with zero attached hydrogens (tertiary/aromatic N) is 1. The zero-order valence-corrected chi connectivity index (χ0v) is 18.5. The molecule has 3 rings (SSSR count). The second-order valence-corrected chi connectivity index (χ2v) is 7.72. The number of H-pyrrole nitrogens is 1. The van der Waals surface area contributed by atoms with E-state index in [0.29, 0.717) is 23.4 Å². The van der Waals surface area contributed by atoms with Crippen LogP contribution in [0.5, 0.6) is 0 Å². The standard InChI is InChI=1S/C22H27N5O6/c1-32-17(28)10-9-16(21(31)33-2)25-19(29)13-6-3-12(4-7-13)5-8-14-11-15-18(24-14)26-22(23)27-20(15)30/h3-4,6-7,14,16H,5,8-11H2,1-2H3,(H,25,29)(H4,23,24,26,27,30)/t14?,16-/m0/s1. The fourth-order valence-electron chi connectivity index (χ4n) is 3.65. The third-order valence-electron chi connectivity index (χ3n) is 5.48. The van der Waals surface area contributed by atoms with Gasteiger partial charge in [0.1, 0.15) is 11.9 Å². The number of fused-ring (bicyclic) bond motifs is 1. The molecule has 176 valence electrons. The summed E-state index contributed by atoms with van der Waals surface area (Å²) in [5.74, 6) is -0.950. The van der Waals surface area contributed by atoms with E-state index in [4.69, 9.17) is 10.5 Å². The molecule has 0 spiro atoms. The number of nitrogen functional groups attached to an aromatic ring is 1. The maximum atomic E-state index is 12.6. The second-order valence-electron chi connectivity index (χ2n) is 7.72. The van der Waals surface area contributed by atoms with E-state index in [1.54, 1.807) is 12.1 Å². The molecule has 0 radical (unpaired) electrons. The summed E-state index contributed by atoms with van der Waals surface area (Å²) in [5, 5.41) is 5.82. The number of benzene rings is 1. The van der Waals surface area contributed by atoms with Gasteiger partial charge >= 0.3 is 11.9 Å². The first kappa shape index (κ1) is 23.8.